The molecule has 2 heterocycles. The van der Waals surface area contributed by atoms with Gasteiger partial charge in [0.25, 0.3) is 5.91 Å². The van der Waals surface area contributed by atoms with E-state index < -0.39 is 18.5 Å². The first-order valence-electron chi connectivity index (χ1n) is 8.27. The number of nitrogens with zero attached hydrogens (tertiary/aromatic N) is 2. The molecule has 1 aromatic carbocycles. The molecule has 2 aromatic heterocycles. The standard InChI is InChI=1S/C19H19N3O5/c1-13(15-9-6-10-26-15)20-17(23)12-27-19(24)18-16(25-2)11-22(21-18)14-7-4-3-5-8-14/h3-11,13H,12H2,1-2H3,(H,20,23)/t13-/m0/s1. The maximum atomic E-state index is 12.3. The van der Waals surface area contributed by atoms with E-state index in [9.17, 15) is 9.59 Å². The number of nitrogens with one attached hydrogen (secondary N) is 1. The van der Waals surface area contributed by atoms with Crippen molar-refractivity contribution in [2.24, 2.45) is 0 Å². The van der Waals surface area contributed by atoms with E-state index in [0.717, 1.165) is 5.69 Å². The van der Waals surface area contributed by atoms with Gasteiger partial charge in [0.05, 0.1) is 31.3 Å². The topological polar surface area (TPSA) is 95.6 Å². The molecule has 0 spiro atoms. The van der Waals surface area contributed by atoms with Crippen molar-refractivity contribution < 1.29 is 23.5 Å². The predicted octanol–water partition coefficient (Wildman–Crippen LogP) is 2.51. The van der Waals surface area contributed by atoms with Crippen LogP contribution < -0.4 is 10.1 Å². The number of methoxy groups -OCH3 is 1. The Hall–Kier alpha value is -3.55. The molecule has 27 heavy (non-hydrogen) atoms. The Balaban J connectivity index is 1.62. The van der Waals surface area contributed by atoms with Gasteiger partial charge in [-0.1, -0.05) is 18.2 Å². The number of furan rings is 1. The summed E-state index contributed by atoms with van der Waals surface area (Å²) in [5.74, 6) is -0.331. The Morgan fingerprint density at radius 1 is 1.22 bits per heavy atom. The number of amides is 1. The fourth-order valence-corrected chi connectivity index (χ4v) is 2.45. The van der Waals surface area contributed by atoms with Gasteiger partial charge in [0.2, 0.25) is 5.69 Å². The summed E-state index contributed by atoms with van der Waals surface area (Å²) in [5.41, 5.74) is 0.758. The molecule has 140 valence electrons. The third-order valence-corrected chi connectivity index (χ3v) is 3.80. The van der Waals surface area contributed by atoms with E-state index in [-0.39, 0.29) is 17.5 Å². The minimum absolute atomic E-state index is 0.00626. The first kappa shape index (κ1) is 18.2. The van der Waals surface area contributed by atoms with Gasteiger partial charge in [-0.15, -0.1) is 0 Å². The van der Waals surface area contributed by atoms with Gasteiger partial charge in [-0.05, 0) is 31.2 Å². The first-order valence-corrected chi connectivity index (χ1v) is 8.27. The van der Waals surface area contributed by atoms with Crippen molar-refractivity contribution in [2.45, 2.75) is 13.0 Å². The average Bonchev–Trinajstić information content (AvgIpc) is 3.36. The van der Waals surface area contributed by atoms with Crippen molar-refractivity contribution in [1.82, 2.24) is 15.1 Å². The summed E-state index contributed by atoms with van der Waals surface area (Å²) >= 11 is 0. The number of benzene rings is 1. The number of carbonyl (C=O) groups excluding carboxylic acids is 2. The largest absolute Gasteiger partial charge is 0.493 e. The molecule has 8 nitrogen and oxygen atoms in total. The van der Waals surface area contributed by atoms with Gasteiger partial charge in [0.15, 0.2) is 12.4 Å². The summed E-state index contributed by atoms with van der Waals surface area (Å²) in [7, 11) is 1.43. The number of aromatic nitrogens is 2. The Labute approximate surface area is 155 Å². The summed E-state index contributed by atoms with van der Waals surface area (Å²) in [5, 5.41) is 6.88. The smallest absolute Gasteiger partial charge is 0.363 e. The molecule has 0 saturated carbocycles. The lowest BCUT2D eigenvalue weighted by Gasteiger charge is -2.11. The van der Waals surface area contributed by atoms with Gasteiger partial charge in [0.1, 0.15) is 5.76 Å². The molecular formula is C19H19N3O5. The Morgan fingerprint density at radius 3 is 2.67 bits per heavy atom. The molecule has 1 N–H and O–H groups in total. The second-order valence-corrected chi connectivity index (χ2v) is 5.71. The number of ether oxygens (including phenoxy) is 2. The van der Waals surface area contributed by atoms with Crippen molar-refractivity contribution in [2.75, 3.05) is 13.7 Å². The zero-order valence-electron chi connectivity index (χ0n) is 14.9. The van der Waals surface area contributed by atoms with Crippen LogP contribution in [0.4, 0.5) is 0 Å². The molecule has 8 heteroatoms. The predicted molar refractivity (Wildman–Crippen MR) is 95.7 cm³/mol. The van der Waals surface area contributed by atoms with Crippen molar-refractivity contribution in [3.05, 3.63) is 66.4 Å². The van der Waals surface area contributed by atoms with E-state index in [4.69, 9.17) is 13.9 Å². The number of esters is 1. The second kappa shape index (κ2) is 8.22. The Kier molecular flexibility index (Phi) is 5.55. The number of hydrogen-bond donors (Lipinski definition) is 1. The quantitative estimate of drug-likeness (QED) is 0.643. The van der Waals surface area contributed by atoms with Gasteiger partial charge in [-0.25, -0.2) is 9.48 Å². The highest BCUT2D eigenvalue weighted by atomic mass is 16.5. The van der Waals surface area contributed by atoms with Gasteiger partial charge >= 0.3 is 5.97 Å². The molecule has 1 atom stereocenters. The third kappa shape index (κ3) is 4.35. The lowest BCUT2D eigenvalue weighted by atomic mass is 10.2. The lowest BCUT2D eigenvalue weighted by molar-refractivity contribution is -0.125. The monoisotopic (exact) mass is 369 g/mol. The van der Waals surface area contributed by atoms with Crippen LogP contribution in [0.15, 0.2) is 59.3 Å². The van der Waals surface area contributed by atoms with E-state index in [1.807, 2.05) is 30.3 Å². The van der Waals surface area contributed by atoms with E-state index in [1.54, 1.807) is 25.3 Å². The van der Waals surface area contributed by atoms with Crippen LogP contribution in [0.1, 0.15) is 29.2 Å². The van der Waals surface area contributed by atoms with Crippen LogP contribution in [0, 0.1) is 0 Å². The molecule has 0 unspecified atom stereocenters. The van der Waals surface area contributed by atoms with Crippen LogP contribution in [-0.4, -0.2) is 35.4 Å². The van der Waals surface area contributed by atoms with Crippen LogP contribution in [-0.2, 0) is 9.53 Å². The van der Waals surface area contributed by atoms with E-state index in [1.165, 1.54) is 18.1 Å². The number of carbonyl (C=O) groups is 2. The van der Waals surface area contributed by atoms with Crippen LogP contribution in [0.5, 0.6) is 5.75 Å². The number of hydrogen-bond acceptors (Lipinski definition) is 6. The number of para-hydroxylation sites is 1. The highest BCUT2D eigenvalue weighted by molar-refractivity contribution is 5.92. The van der Waals surface area contributed by atoms with Crippen LogP contribution >= 0.6 is 0 Å². The molecule has 0 aliphatic heterocycles. The molecule has 0 bridgehead atoms. The zero-order valence-corrected chi connectivity index (χ0v) is 14.9. The molecule has 0 aliphatic rings. The second-order valence-electron chi connectivity index (χ2n) is 5.71. The third-order valence-electron chi connectivity index (χ3n) is 3.80. The molecule has 0 saturated heterocycles. The summed E-state index contributed by atoms with van der Waals surface area (Å²) in [4.78, 5) is 24.3. The fourth-order valence-electron chi connectivity index (χ4n) is 2.45. The normalized spacial score (nSPS) is 11.6. The molecular weight excluding hydrogens is 350 g/mol. The summed E-state index contributed by atoms with van der Waals surface area (Å²) in [6, 6.07) is 12.4. The molecule has 3 aromatic rings. The fraction of sp³-hybridized carbons (Fsp3) is 0.211. The average molecular weight is 369 g/mol. The van der Waals surface area contributed by atoms with Gasteiger partial charge in [0, 0.05) is 0 Å². The minimum atomic E-state index is -0.748. The van der Waals surface area contributed by atoms with Gasteiger partial charge < -0.3 is 19.2 Å². The van der Waals surface area contributed by atoms with Crippen molar-refractivity contribution in [3.63, 3.8) is 0 Å². The minimum Gasteiger partial charge on any atom is -0.493 e. The van der Waals surface area contributed by atoms with Crippen molar-refractivity contribution in [3.8, 4) is 11.4 Å². The summed E-state index contributed by atoms with van der Waals surface area (Å²) in [6.07, 6.45) is 3.10. The van der Waals surface area contributed by atoms with Crippen LogP contribution in [0.2, 0.25) is 0 Å². The molecule has 0 aliphatic carbocycles. The van der Waals surface area contributed by atoms with Crippen LogP contribution in [0.25, 0.3) is 5.69 Å². The summed E-state index contributed by atoms with van der Waals surface area (Å²) in [6.45, 7) is 1.33. The maximum Gasteiger partial charge on any atom is 0.363 e. The highest BCUT2D eigenvalue weighted by Crippen LogP contribution is 2.20. The molecule has 0 fully saturated rings. The first-order chi connectivity index (χ1) is 13.1. The van der Waals surface area contributed by atoms with Gasteiger partial charge in [-0.2, -0.15) is 5.10 Å². The van der Waals surface area contributed by atoms with Crippen molar-refractivity contribution in [1.29, 1.82) is 0 Å². The van der Waals surface area contributed by atoms with Crippen molar-refractivity contribution >= 4 is 11.9 Å². The molecule has 0 radical (unpaired) electrons. The summed E-state index contributed by atoms with van der Waals surface area (Å²) < 4.78 is 17.0. The zero-order chi connectivity index (χ0) is 19.2. The number of rotatable bonds is 7. The Bertz CT molecular complexity index is 903. The Morgan fingerprint density at radius 2 is 2.00 bits per heavy atom. The SMILES string of the molecule is COc1cn(-c2ccccc2)nc1C(=O)OCC(=O)N[C@@H](C)c1ccco1. The molecule has 1 amide bonds. The highest BCUT2D eigenvalue weighted by Gasteiger charge is 2.21. The van der Waals surface area contributed by atoms with E-state index >= 15 is 0 Å². The van der Waals surface area contributed by atoms with Gasteiger partial charge in [-0.3, -0.25) is 4.79 Å². The van der Waals surface area contributed by atoms with E-state index in [2.05, 4.69) is 10.4 Å². The van der Waals surface area contributed by atoms with Crippen LogP contribution in [0.3, 0.4) is 0 Å². The molecule has 3 rings (SSSR count). The lowest BCUT2D eigenvalue weighted by Crippen LogP contribution is -2.31. The van der Waals surface area contributed by atoms with E-state index in [0.29, 0.717) is 5.76 Å². The maximum absolute atomic E-state index is 12.3.